The molecular formula is C12H18N4S. The fourth-order valence-corrected chi connectivity index (χ4v) is 3.24. The SMILES string of the molecule is CC(N)C1CCN(Cc2cn3ccsc3n2)C1. The number of nitrogens with zero attached hydrogens (tertiary/aromatic N) is 3. The largest absolute Gasteiger partial charge is 0.328 e. The van der Waals surface area contributed by atoms with E-state index >= 15 is 0 Å². The highest BCUT2D eigenvalue weighted by Crippen LogP contribution is 2.21. The van der Waals surface area contributed by atoms with Crippen molar-refractivity contribution in [2.75, 3.05) is 13.1 Å². The third-order valence-electron chi connectivity index (χ3n) is 3.58. The molecule has 1 saturated heterocycles. The van der Waals surface area contributed by atoms with E-state index in [0.29, 0.717) is 12.0 Å². The maximum absolute atomic E-state index is 5.95. The number of hydrogen-bond acceptors (Lipinski definition) is 4. The topological polar surface area (TPSA) is 46.6 Å². The lowest BCUT2D eigenvalue weighted by atomic mass is 10.0. The fourth-order valence-electron chi connectivity index (χ4n) is 2.52. The number of likely N-dealkylation sites (tertiary alicyclic amines) is 1. The number of thiazole rings is 1. The van der Waals surface area contributed by atoms with Gasteiger partial charge in [-0.15, -0.1) is 11.3 Å². The van der Waals surface area contributed by atoms with Crippen LogP contribution in [0.4, 0.5) is 0 Å². The van der Waals surface area contributed by atoms with Gasteiger partial charge in [0.15, 0.2) is 4.96 Å². The van der Waals surface area contributed by atoms with E-state index in [1.165, 1.54) is 12.1 Å². The Balaban J connectivity index is 1.66. The highest BCUT2D eigenvalue weighted by atomic mass is 32.1. The highest BCUT2D eigenvalue weighted by Gasteiger charge is 2.25. The van der Waals surface area contributed by atoms with Gasteiger partial charge in [0.2, 0.25) is 0 Å². The summed E-state index contributed by atoms with van der Waals surface area (Å²) < 4.78 is 2.10. The van der Waals surface area contributed by atoms with E-state index in [1.807, 2.05) is 0 Å². The van der Waals surface area contributed by atoms with Crippen LogP contribution in [0.15, 0.2) is 17.8 Å². The van der Waals surface area contributed by atoms with Gasteiger partial charge in [-0.3, -0.25) is 9.30 Å². The minimum atomic E-state index is 0.311. The normalized spacial score (nSPS) is 23.5. The van der Waals surface area contributed by atoms with Crippen molar-refractivity contribution < 1.29 is 0 Å². The van der Waals surface area contributed by atoms with Gasteiger partial charge in [0.05, 0.1) is 5.69 Å². The smallest absolute Gasteiger partial charge is 0.193 e. The summed E-state index contributed by atoms with van der Waals surface area (Å²) >= 11 is 1.68. The Bertz CT molecular complexity index is 473. The van der Waals surface area contributed by atoms with Crippen LogP contribution in [-0.2, 0) is 6.54 Å². The molecule has 3 rings (SSSR count). The lowest BCUT2D eigenvalue weighted by molar-refractivity contribution is 0.305. The van der Waals surface area contributed by atoms with Gasteiger partial charge in [0.1, 0.15) is 0 Å². The Morgan fingerprint density at radius 2 is 2.53 bits per heavy atom. The zero-order chi connectivity index (χ0) is 11.8. The van der Waals surface area contributed by atoms with Crippen LogP contribution in [0.1, 0.15) is 19.0 Å². The summed E-state index contributed by atoms with van der Waals surface area (Å²) in [7, 11) is 0. The van der Waals surface area contributed by atoms with Crippen molar-refractivity contribution in [3.8, 4) is 0 Å². The van der Waals surface area contributed by atoms with Crippen LogP contribution < -0.4 is 5.73 Å². The molecule has 0 aliphatic carbocycles. The first-order valence-corrected chi connectivity index (χ1v) is 6.99. The van der Waals surface area contributed by atoms with Crippen molar-refractivity contribution in [2.24, 2.45) is 11.7 Å². The summed E-state index contributed by atoms with van der Waals surface area (Å²) in [6, 6.07) is 0.311. The lowest BCUT2D eigenvalue weighted by Crippen LogP contribution is -2.29. The molecule has 0 saturated carbocycles. The molecule has 1 aliphatic heterocycles. The molecule has 0 spiro atoms. The van der Waals surface area contributed by atoms with Gasteiger partial charge in [-0.05, 0) is 25.8 Å². The van der Waals surface area contributed by atoms with Crippen molar-refractivity contribution >= 4 is 16.3 Å². The van der Waals surface area contributed by atoms with Gasteiger partial charge >= 0.3 is 0 Å². The van der Waals surface area contributed by atoms with Gasteiger partial charge in [0.25, 0.3) is 0 Å². The molecule has 0 bridgehead atoms. The van der Waals surface area contributed by atoms with Gasteiger partial charge < -0.3 is 5.73 Å². The average molecular weight is 250 g/mol. The van der Waals surface area contributed by atoms with Crippen LogP contribution in [0.3, 0.4) is 0 Å². The molecule has 2 aromatic rings. The van der Waals surface area contributed by atoms with Crippen LogP contribution in [0, 0.1) is 5.92 Å². The number of imidazole rings is 1. The average Bonchev–Trinajstić information content (AvgIpc) is 2.91. The molecule has 17 heavy (non-hydrogen) atoms. The van der Waals surface area contributed by atoms with Gasteiger partial charge in [0, 0.05) is 36.9 Å². The first-order chi connectivity index (χ1) is 8.22. The molecule has 3 heterocycles. The van der Waals surface area contributed by atoms with Crippen molar-refractivity contribution in [3.63, 3.8) is 0 Å². The second kappa shape index (κ2) is 4.40. The fraction of sp³-hybridized carbons (Fsp3) is 0.583. The minimum absolute atomic E-state index is 0.311. The van der Waals surface area contributed by atoms with E-state index in [-0.39, 0.29) is 0 Å². The summed E-state index contributed by atoms with van der Waals surface area (Å²) in [5.41, 5.74) is 7.12. The molecule has 2 atom stereocenters. The van der Waals surface area contributed by atoms with Crippen LogP contribution in [0.2, 0.25) is 0 Å². The number of fused-ring (bicyclic) bond motifs is 1. The summed E-state index contributed by atoms with van der Waals surface area (Å²) in [6.45, 7) is 5.33. The minimum Gasteiger partial charge on any atom is -0.328 e. The van der Waals surface area contributed by atoms with Gasteiger partial charge in [-0.25, -0.2) is 4.98 Å². The zero-order valence-electron chi connectivity index (χ0n) is 10.0. The molecule has 2 N–H and O–H groups in total. The molecule has 5 heteroatoms. The van der Waals surface area contributed by atoms with Crippen molar-refractivity contribution in [1.29, 1.82) is 0 Å². The van der Waals surface area contributed by atoms with Crippen LogP contribution in [0.25, 0.3) is 4.96 Å². The molecule has 1 fully saturated rings. The zero-order valence-corrected chi connectivity index (χ0v) is 10.9. The Labute approximate surface area is 105 Å². The lowest BCUT2D eigenvalue weighted by Gasteiger charge is -2.16. The molecular weight excluding hydrogens is 232 g/mol. The number of aromatic nitrogens is 2. The molecule has 0 radical (unpaired) electrons. The van der Waals surface area contributed by atoms with Crippen molar-refractivity contribution in [3.05, 3.63) is 23.5 Å². The van der Waals surface area contributed by atoms with Gasteiger partial charge in [-0.2, -0.15) is 0 Å². The molecule has 2 unspecified atom stereocenters. The molecule has 1 aliphatic rings. The van der Waals surface area contributed by atoms with Crippen molar-refractivity contribution in [1.82, 2.24) is 14.3 Å². The first-order valence-electron chi connectivity index (χ1n) is 6.11. The number of rotatable bonds is 3. The molecule has 4 nitrogen and oxygen atoms in total. The van der Waals surface area contributed by atoms with Crippen molar-refractivity contribution in [2.45, 2.75) is 25.9 Å². The Hall–Kier alpha value is -0.910. The summed E-state index contributed by atoms with van der Waals surface area (Å²) in [6.07, 6.45) is 5.41. The maximum Gasteiger partial charge on any atom is 0.193 e. The quantitative estimate of drug-likeness (QED) is 0.899. The summed E-state index contributed by atoms with van der Waals surface area (Å²) in [4.78, 5) is 8.16. The third kappa shape index (κ3) is 2.22. The summed E-state index contributed by atoms with van der Waals surface area (Å²) in [5, 5.41) is 2.06. The number of nitrogens with two attached hydrogens (primary N) is 1. The van der Waals surface area contributed by atoms with E-state index in [2.05, 4.69) is 39.0 Å². The first kappa shape index (κ1) is 11.2. The predicted molar refractivity (Wildman–Crippen MR) is 70.1 cm³/mol. The number of hydrogen-bond donors (Lipinski definition) is 1. The summed E-state index contributed by atoms with van der Waals surface area (Å²) in [5.74, 6) is 0.652. The Kier molecular flexibility index (Phi) is 2.90. The third-order valence-corrected chi connectivity index (χ3v) is 4.35. The monoisotopic (exact) mass is 250 g/mol. The molecule has 2 aromatic heterocycles. The van der Waals surface area contributed by atoms with E-state index < -0.39 is 0 Å². The Morgan fingerprint density at radius 1 is 1.65 bits per heavy atom. The molecule has 92 valence electrons. The van der Waals surface area contributed by atoms with Crippen LogP contribution >= 0.6 is 11.3 Å². The highest BCUT2D eigenvalue weighted by molar-refractivity contribution is 7.15. The van der Waals surface area contributed by atoms with E-state index in [4.69, 9.17) is 5.73 Å². The maximum atomic E-state index is 5.95. The van der Waals surface area contributed by atoms with Crippen LogP contribution in [0.5, 0.6) is 0 Å². The molecule has 0 amide bonds. The second-order valence-corrected chi connectivity index (χ2v) is 5.84. The van der Waals surface area contributed by atoms with E-state index in [9.17, 15) is 0 Å². The predicted octanol–water partition coefficient (Wildman–Crippen LogP) is 1.56. The Morgan fingerprint density at radius 3 is 3.24 bits per heavy atom. The van der Waals surface area contributed by atoms with E-state index in [1.54, 1.807) is 11.3 Å². The molecule has 0 aromatic carbocycles. The van der Waals surface area contributed by atoms with E-state index in [0.717, 1.165) is 24.6 Å². The van der Waals surface area contributed by atoms with Gasteiger partial charge in [-0.1, -0.05) is 0 Å². The second-order valence-electron chi connectivity index (χ2n) is 4.97. The van der Waals surface area contributed by atoms with Crippen LogP contribution in [-0.4, -0.2) is 33.4 Å². The standard InChI is InChI=1S/C12H18N4S/c1-9(13)10-2-3-15(6-10)7-11-8-16-4-5-17-12(16)14-11/h4-5,8-10H,2-3,6-7,13H2,1H3.